The monoisotopic (exact) mass is 464 g/mol. The number of unbranched alkanes of at least 4 members (excludes halogenated alkanes) is 6. The number of aromatic nitrogens is 1. The minimum Gasteiger partial charge on any atom is -0.448 e. The molecule has 0 spiro atoms. The Hall–Kier alpha value is -2.84. The second-order valence-electron chi connectivity index (χ2n) is 7.77. The molecule has 186 valence electrons. The predicted octanol–water partition coefficient (Wildman–Crippen LogP) is 4.14. The molecular weight excluding hydrogens is 424 g/mol. The van der Waals surface area contributed by atoms with Crippen molar-refractivity contribution in [3.05, 3.63) is 30.1 Å². The Morgan fingerprint density at radius 3 is 1.73 bits per heavy atom. The van der Waals surface area contributed by atoms with Crippen molar-refractivity contribution in [1.82, 2.24) is 20.5 Å². The standard InChI is InChI=1S/C24H40N4O5/c1-3-5-7-9-13-26-23(30)32-19-17-28(22(29)21-11-15-25-16-12-21)18-20-33-24(31)27-14-10-8-6-4-2/h11-12,15-16H,3-10,13-14,17-20H2,1-2H3,(H,26,30)(H,27,31). The number of alkyl carbamates (subject to hydrolysis) is 2. The fourth-order valence-electron chi connectivity index (χ4n) is 3.08. The molecule has 2 N–H and O–H groups in total. The van der Waals surface area contributed by atoms with E-state index < -0.39 is 12.2 Å². The fraction of sp³-hybridized carbons (Fsp3) is 0.667. The van der Waals surface area contributed by atoms with E-state index in [1.165, 1.54) is 17.3 Å². The van der Waals surface area contributed by atoms with Crippen LogP contribution >= 0.6 is 0 Å². The van der Waals surface area contributed by atoms with Crippen molar-refractivity contribution < 1.29 is 23.9 Å². The lowest BCUT2D eigenvalue weighted by atomic mass is 10.2. The van der Waals surface area contributed by atoms with Crippen LogP contribution in [0.15, 0.2) is 24.5 Å². The highest BCUT2D eigenvalue weighted by molar-refractivity contribution is 5.94. The first-order valence-electron chi connectivity index (χ1n) is 12.1. The van der Waals surface area contributed by atoms with E-state index in [0.717, 1.165) is 51.4 Å². The molecule has 0 aliphatic heterocycles. The van der Waals surface area contributed by atoms with Gasteiger partial charge in [0.05, 0.1) is 13.1 Å². The van der Waals surface area contributed by atoms with E-state index in [1.54, 1.807) is 12.1 Å². The van der Waals surface area contributed by atoms with Crippen LogP contribution in [0.5, 0.6) is 0 Å². The van der Waals surface area contributed by atoms with Gasteiger partial charge in [-0.05, 0) is 25.0 Å². The molecule has 1 heterocycles. The van der Waals surface area contributed by atoms with Crippen molar-refractivity contribution in [2.75, 3.05) is 39.4 Å². The Morgan fingerprint density at radius 1 is 0.788 bits per heavy atom. The zero-order valence-corrected chi connectivity index (χ0v) is 20.1. The van der Waals surface area contributed by atoms with Crippen LogP contribution in [-0.2, 0) is 9.47 Å². The molecule has 0 fully saturated rings. The van der Waals surface area contributed by atoms with Gasteiger partial charge < -0.3 is 25.0 Å². The second kappa shape index (κ2) is 18.7. The van der Waals surface area contributed by atoms with Gasteiger partial charge in [-0.25, -0.2) is 9.59 Å². The van der Waals surface area contributed by atoms with Crippen LogP contribution in [0.25, 0.3) is 0 Å². The Balaban J connectivity index is 2.41. The molecule has 1 aromatic rings. The van der Waals surface area contributed by atoms with Crippen LogP contribution in [0.1, 0.15) is 75.6 Å². The van der Waals surface area contributed by atoms with Crippen molar-refractivity contribution in [1.29, 1.82) is 0 Å². The molecule has 3 amide bonds. The summed E-state index contributed by atoms with van der Waals surface area (Å²) in [7, 11) is 0. The average Bonchev–Trinajstić information content (AvgIpc) is 2.83. The number of ether oxygens (including phenoxy) is 2. The SMILES string of the molecule is CCCCCCNC(=O)OCCN(CCOC(=O)NCCCCCC)C(=O)c1ccncc1. The largest absolute Gasteiger partial charge is 0.448 e. The fourth-order valence-corrected chi connectivity index (χ4v) is 3.08. The molecule has 0 saturated carbocycles. The number of nitrogens with zero attached hydrogens (tertiary/aromatic N) is 2. The van der Waals surface area contributed by atoms with E-state index in [4.69, 9.17) is 9.47 Å². The predicted molar refractivity (Wildman–Crippen MR) is 127 cm³/mol. The Kier molecular flexibility index (Phi) is 16.0. The molecule has 0 bridgehead atoms. The highest BCUT2D eigenvalue weighted by Crippen LogP contribution is 2.04. The van der Waals surface area contributed by atoms with Gasteiger partial charge in [0.25, 0.3) is 5.91 Å². The summed E-state index contributed by atoms with van der Waals surface area (Å²) in [5.41, 5.74) is 0.464. The molecule has 0 aliphatic rings. The molecule has 1 rings (SSSR count). The van der Waals surface area contributed by atoms with Crippen molar-refractivity contribution in [3.63, 3.8) is 0 Å². The lowest BCUT2D eigenvalue weighted by molar-refractivity contribution is 0.0635. The van der Waals surface area contributed by atoms with E-state index in [9.17, 15) is 14.4 Å². The normalized spacial score (nSPS) is 10.4. The summed E-state index contributed by atoms with van der Waals surface area (Å²) >= 11 is 0. The number of rotatable bonds is 17. The van der Waals surface area contributed by atoms with Gasteiger partial charge in [-0.15, -0.1) is 0 Å². The molecule has 0 aliphatic carbocycles. The topological polar surface area (TPSA) is 110 Å². The molecule has 9 heteroatoms. The summed E-state index contributed by atoms with van der Waals surface area (Å²) in [5, 5.41) is 5.43. The van der Waals surface area contributed by atoms with Crippen molar-refractivity contribution in [2.24, 2.45) is 0 Å². The van der Waals surface area contributed by atoms with Crippen LogP contribution in [0.3, 0.4) is 0 Å². The molecule has 1 aromatic heterocycles. The van der Waals surface area contributed by atoms with E-state index in [2.05, 4.69) is 29.5 Å². The van der Waals surface area contributed by atoms with Gasteiger partial charge in [0.15, 0.2) is 0 Å². The summed E-state index contributed by atoms with van der Waals surface area (Å²) in [5.74, 6) is -0.246. The molecule has 0 unspecified atom stereocenters. The zero-order chi connectivity index (χ0) is 24.2. The summed E-state index contributed by atoms with van der Waals surface area (Å²) < 4.78 is 10.4. The molecule has 0 atom stereocenters. The maximum atomic E-state index is 12.8. The Bertz CT molecular complexity index is 640. The first-order chi connectivity index (χ1) is 16.1. The number of hydrogen-bond donors (Lipinski definition) is 2. The van der Waals surface area contributed by atoms with Crippen molar-refractivity contribution in [2.45, 2.75) is 65.2 Å². The Labute approximate surface area is 197 Å². The maximum absolute atomic E-state index is 12.8. The van der Waals surface area contributed by atoms with Crippen LogP contribution in [0, 0.1) is 0 Å². The van der Waals surface area contributed by atoms with Gasteiger partial charge in [0.2, 0.25) is 0 Å². The quantitative estimate of drug-likeness (QED) is 0.335. The number of pyridine rings is 1. The molecule has 33 heavy (non-hydrogen) atoms. The van der Waals surface area contributed by atoms with E-state index >= 15 is 0 Å². The zero-order valence-electron chi connectivity index (χ0n) is 20.1. The second-order valence-corrected chi connectivity index (χ2v) is 7.77. The van der Waals surface area contributed by atoms with Crippen LogP contribution in [0.2, 0.25) is 0 Å². The maximum Gasteiger partial charge on any atom is 0.407 e. The van der Waals surface area contributed by atoms with E-state index in [-0.39, 0.29) is 32.2 Å². The van der Waals surface area contributed by atoms with Crippen LogP contribution < -0.4 is 10.6 Å². The average molecular weight is 465 g/mol. The smallest absolute Gasteiger partial charge is 0.407 e. The van der Waals surface area contributed by atoms with Gasteiger partial charge in [-0.3, -0.25) is 9.78 Å². The third-order valence-corrected chi connectivity index (χ3v) is 5.00. The highest BCUT2D eigenvalue weighted by Gasteiger charge is 2.17. The minimum absolute atomic E-state index is 0.0429. The van der Waals surface area contributed by atoms with Gasteiger partial charge in [-0.1, -0.05) is 52.4 Å². The lowest BCUT2D eigenvalue weighted by Gasteiger charge is -2.22. The highest BCUT2D eigenvalue weighted by atomic mass is 16.6. The lowest BCUT2D eigenvalue weighted by Crippen LogP contribution is -2.39. The summed E-state index contributed by atoms with van der Waals surface area (Å²) in [6.07, 6.45) is 10.6. The number of carbonyl (C=O) groups excluding carboxylic acids is 3. The summed E-state index contributed by atoms with van der Waals surface area (Å²) in [4.78, 5) is 41.9. The van der Waals surface area contributed by atoms with Crippen LogP contribution in [0.4, 0.5) is 9.59 Å². The summed E-state index contributed by atoms with van der Waals surface area (Å²) in [6.45, 7) is 5.86. The number of carbonyl (C=O) groups is 3. The van der Waals surface area contributed by atoms with Gasteiger partial charge in [0.1, 0.15) is 13.2 Å². The van der Waals surface area contributed by atoms with Crippen molar-refractivity contribution >= 4 is 18.1 Å². The molecule has 9 nitrogen and oxygen atoms in total. The third-order valence-electron chi connectivity index (χ3n) is 5.00. The van der Waals surface area contributed by atoms with Gasteiger partial charge in [0, 0.05) is 31.0 Å². The number of nitrogens with one attached hydrogen (secondary N) is 2. The molecular formula is C24H40N4O5. The molecule has 0 radical (unpaired) electrons. The van der Waals surface area contributed by atoms with E-state index in [0.29, 0.717) is 18.7 Å². The van der Waals surface area contributed by atoms with Gasteiger partial charge >= 0.3 is 12.2 Å². The Morgan fingerprint density at radius 2 is 1.27 bits per heavy atom. The number of amides is 3. The molecule has 0 aromatic carbocycles. The van der Waals surface area contributed by atoms with Crippen molar-refractivity contribution in [3.8, 4) is 0 Å². The number of hydrogen-bond acceptors (Lipinski definition) is 6. The first-order valence-corrected chi connectivity index (χ1v) is 12.1. The minimum atomic E-state index is -0.499. The third kappa shape index (κ3) is 14.0. The van der Waals surface area contributed by atoms with Gasteiger partial charge in [-0.2, -0.15) is 0 Å². The summed E-state index contributed by atoms with van der Waals surface area (Å²) in [6, 6.07) is 3.23. The first kappa shape index (κ1) is 28.2. The van der Waals surface area contributed by atoms with E-state index in [1.807, 2.05) is 0 Å². The van der Waals surface area contributed by atoms with Crippen LogP contribution in [-0.4, -0.2) is 67.4 Å². The molecule has 0 saturated heterocycles.